The zero-order chi connectivity index (χ0) is 26.0. The minimum atomic E-state index is -0.556. The van der Waals surface area contributed by atoms with Crippen molar-refractivity contribution >= 4 is 17.0 Å². The molecule has 2 N–H and O–H groups in total. The topological polar surface area (TPSA) is 69.5 Å². The Bertz CT molecular complexity index is 1170. The van der Waals surface area contributed by atoms with Crippen molar-refractivity contribution in [1.82, 2.24) is 24.3 Å². The zero-order valence-corrected chi connectivity index (χ0v) is 23.1. The molecular weight excluding hydrogens is 460 g/mol. The molecule has 0 bridgehead atoms. The molecule has 37 heavy (non-hydrogen) atoms. The number of piperazine rings is 1. The van der Waals surface area contributed by atoms with E-state index in [4.69, 9.17) is 9.97 Å². The Kier molecular flexibility index (Phi) is 7.84. The van der Waals surface area contributed by atoms with Crippen molar-refractivity contribution in [3.8, 4) is 11.1 Å². The van der Waals surface area contributed by atoms with Gasteiger partial charge in [-0.15, -0.1) is 0 Å². The van der Waals surface area contributed by atoms with Gasteiger partial charge in [0, 0.05) is 68.2 Å². The lowest BCUT2D eigenvalue weighted by Crippen LogP contribution is -2.43. The second-order valence-corrected chi connectivity index (χ2v) is 11.7. The van der Waals surface area contributed by atoms with E-state index in [-0.39, 0.29) is 0 Å². The van der Waals surface area contributed by atoms with Crippen LogP contribution in [-0.4, -0.2) is 74.3 Å². The third-order valence-corrected chi connectivity index (χ3v) is 8.36. The van der Waals surface area contributed by atoms with Gasteiger partial charge in [0.05, 0.1) is 5.60 Å². The molecule has 0 radical (unpaired) electrons. The molecule has 1 saturated carbocycles. The van der Waals surface area contributed by atoms with Crippen LogP contribution in [0.1, 0.15) is 70.9 Å². The van der Waals surface area contributed by atoms with Crippen LogP contribution in [0.15, 0.2) is 36.7 Å². The van der Waals surface area contributed by atoms with E-state index in [2.05, 4.69) is 71.0 Å². The maximum atomic E-state index is 10.5. The lowest BCUT2D eigenvalue weighted by atomic mass is 9.83. The smallest absolute Gasteiger partial charge is 0.224 e. The summed E-state index contributed by atoms with van der Waals surface area (Å²) in [6.07, 6.45) is 10.0. The summed E-state index contributed by atoms with van der Waals surface area (Å²) in [5.74, 6) is 0.699. The lowest BCUT2D eigenvalue weighted by Gasteiger charge is -2.34. The van der Waals surface area contributed by atoms with Crippen LogP contribution >= 0.6 is 0 Å². The normalized spacial score (nSPS) is 24.4. The molecule has 3 aromatic rings. The summed E-state index contributed by atoms with van der Waals surface area (Å²) < 4.78 is 2.36. The highest BCUT2D eigenvalue weighted by molar-refractivity contribution is 5.94. The van der Waals surface area contributed by atoms with Gasteiger partial charge in [0.25, 0.3) is 0 Å². The van der Waals surface area contributed by atoms with Crippen molar-refractivity contribution in [1.29, 1.82) is 0 Å². The summed E-state index contributed by atoms with van der Waals surface area (Å²) in [4.78, 5) is 14.7. The fourth-order valence-electron chi connectivity index (χ4n) is 5.89. The molecule has 5 rings (SSSR count). The van der Waals surface area contributed by atoms with Crippen LogP contribution in [-0.2, 0) is 6.54 Å². The van der Waals surface area contributed by atoms with Gasteiger partial charge in [-0.25, -0.2) is 4.98 Å². The lowest BCUT2D eigenvalue weighted by molar-refractivity contribution is 0.0104. The van der Waals surface area contributed by atoms with E-state index >= 15 is 0 Å². The Labute approximate surface area is 221 Å². The number of benzene rings is 1. The Morgan fingerprint density at radius 3 is 2.49 bits per heavy atom. The van der Waals surface area contributed by atoms with E-state index < -0.39 is 5.60 Å². The molecular formula is C30H44N6O. The van der Waals surface area contributed by atoms with E-state index in [9.17, 15) is 5.11 Å². The second kappa shape index (κ2) is 11.1. The molecule has 2 aliphatic rings. The first-order valence-corrected chi connectivity index (χ1v) is 14.2. The van der Waals surface area contributed by atoms with Crippen molar-refractivity contribution < 1.29 is 5.11 Å². The molecule has 200 valence electrons. The monoisotopic (exact) mass is 504 g/mol. The minimum Gasteiger partial charge on any atom is -0.390 e. The van der Waals surface area contributed by atoms with Gasteiger partial charge < -0.3 is 19.9 Å². The number of anilines is 1. The summed E-state index contributed by atoms with van der Waals surface area (Å²) in [6.45, 7) is 11.9. The highest BCUT2D eigenvalue weighted by atomic mass is 16.3. The Hall–Kier alpha value is -2.48. The summed E-state index contributed by atoms with van der Waals surface area (Å²) in [6, 6.07) is 9.74. The van der Waals surface area contributed by atoms with Crippen LogP contribution in [0.5, 0.6) is 0 Å². The minimum absolute atomic E-state index is 0.336. The van der Waals surface area contributed by atoms with E-state index in [0.717, 1.165) is 82.3 Å². The zero-order valence-electron chi connectivity index (χ0n) is 23.1. The number of aliphatic hydroxyl groups is 1. The van der Waals surface area contributed by atoms with Crippen LogP contribution < -0.4 is 5.32 Å². The predicted molar refractivity (Wildman–Crippen MR) is 152 cm³/mol. The summed E-state index contributed by atoms with van der Waals surface area (Å²) in [5.41, 5.74) is 4.19. The van der Waals surface area contributed by atoms with E-state index in [1.807, 2.05) is 13.1 Å². The van der Waals surface area contributed by atoms with Gasteiger partial charge in [0.15, 0.2) is 0 Å². The Morgan fingerprint density at radius 1 is 1.11 bits per heavy atom. The number of fused-ring (bicyclic) bond motifs is 1. The van der Waals surface area contributed by atoms with Gasteiger partial charge in [-0.2, -0.15) is 4.98 Å². The molecule has 0 spiro atoms. The van der Waals surface area contributed by atoms with Gasteiger partial charge in [-0.3, -0.25) is 4.90 Å². The van der Waals surface area contributed by atoms with Crippen molar-refractivity contribution in [3.63, 3.8) is 0 Å². The molecule has 0 unspecified atom stereocenters. The van der Waals surface area contributed by atoms with E-state index in [1.165, 1.54) is 16.7 Å². The first-order chi connectivity index (χ1) is 17.8. The maximum absolute atomic E-state index is 10.5. The number of nitrogens with zero attached hydrogens (tertiary/aromatic N) is 5. The molecule has 3 heterocycles. The largest absolute Gasteiger partial charge is 0.390 e. The third kappa shape index (κ3) is 6.16. The van der Waals surface area contributed by atoms with Gasteiger partial charge in [0.1, 0.15) is 5.65 Å². The Morgan fingerprint density at radius 2 is 1.81 bits per heavy atom. The average Bonchev–Trinajstić information content (AvgIpc) is 3.25. The summed E-state index contributed by atoms with van der Waals surface area (Å²) in [7, 11) is 2.20. The number of hydrogen-bond acceptors (Lipinski definition) is 6. The fraction of sp³-hybridized carbons (Fsp3) is 0.600. The standard InChI is InChI=1S/C30H44N6O/c1-5-6-22(2)32-29-31-19-26-27(21-36(28(26)33-29)25-11-13-30(3,37)14-12-25)24-9-7-23(8-10-24)20-35-17-15-34(4)16-18-35/h7-10,19,21-22,25,37H,5-6,11-18,20H2,1-4H3,(H,31,32,33)/t22-,25-,30-/m1/s1. The molecule has 1 saturated heterocycles. The number of rotatable bonds is 8. The maximum Gasteiger partial charge on any atom is 0.224 e. The van der Waals surface area contributed by atoms with Crippen LogP contribution in [0.3, 0.4) is 0 Å². The molecule has 0 amide bonds. The predicted octanol–water partition coefficient (Wildman–Crippen LogP) is 5.31. The number of aromatic nitrogens is 3. The van der Waals surface area contributed by atoms with Crippen LogP contribution in [0, 0.1) is 0 Å². The van der Waals surface area contributed by atoms with Crippen molar-refractivity contribution in [2.24, 2.45) is 0 Å². The van der Waals surface area contributed by atoms with Gasteiger partial charge in [-0.05, 0) is 64.1 Å². The van der Waals surface area contributed by atoms with Crippen molar-refractivity contribution in [2.45, 2.75) is 83.5 Å². The number of likely N-dealkylation sites (N-methyl/N-ethyl adjacent to an activating group) is 1. The third-order valence-electron chi connectivity index (χ3n) is 8.36. The SMILES string of the molecule is CCC[C@@H](C)Nc1ncc2c(-c3ccc(CN4CCN(C)CC4)cc3)cn([C@H]3CC[C@](C)(O)CC3)c2n1. The van der Waals surface area contributed by atoms with Gasteiger partial charge >= 0.3 is 0 Å². The summed E-state index contributed by atoms with van der Waals surface area (Å²) in [5, 5.41) is 15.1. The van der Waals surface area contributed by atoms with Crippen molar-refractivity contribution in [3.05, 3.63) is 42.2 Å². The van der Waals surface area contributed by atoms with Crippen LogP contribution in [0.2, 0.25) is 0 Å². The molecule has 1 aliphatic heterocycles. The van der Waals surface area contributed by atoms with Crippen LogP contribution in [0.4, 0.5) is 5.95 Å². The quantitative estimate of drug-likeness (QED) is 0.433. The highest BCUT2D eigenvalue weighted by Gasteiger charge is 2.31. The van der Waals surface area contributed by atoms with Crippen LogP contribution in [0.25, 0.3) is 22.2 Å². The first-order valence-electron chi connectivity index (χ1n) is 14.2. The first kappa shape index (κ1) is 26.1. The molecule has 7 heteroatoms. The molecule has 1 atom stereocenters. The fourth-order valence-corrected chi connectivity index (χ4v) is 5.89. The highest BCUT2D eigenvalue weighted by Crippen LogP contribution is 2.39. The Balaban J connectivity index is 1.43. The number of nitrogens with one attached hydrogen (secondary N) is 1. The average molecular weight is 505 g/mol. The molecule has 7 nitrogen and oxygen atoms in total. The molecule has 1 aliphatic carbocycles. The second-order valence-electron chi connectivity index (χ2n) is 11.7. The van der Waals surface area contributed by atoms with Crippen molar-refractivity contribution in [2.75, 3.05) is 38.5 Å². The molecule has 2 aromatic heterocycles. The van der Waals surface area contributed by atoms with Gasteiger partial charge in [0.2, 0.25) is 5.95 Å². The number of hydrogen-bond donors (Lipinski definition) is 2. The van der Waals surface area contributed by atoms with E-state index in [0.29, 0.717) is 18.0 Å². The molecule has 1 aromatic carbocycles. The van der Waals surface area contributed by atoms with Gasteiger partial charge in [-0.1, -0.05) is 37.6 Å². The van der Waals surface area contributed by atoms with E-state index in [1.54, 1.807) is 0 Å². The summed E-state index contributed by atoms with van der Waals surface area (Å²) >= 11 is 0. The molecule has 2 fully saturated rings.